The predicted octanol–water partition coefficient (Wildman–Crippen LogP) is 3.42. The highest BCUT2D eigenvalue weighted by Crippen LogP contribution is 2.23. The van der Waals surface area contributed by atoms with E-state index < -0.39 is 0 Å². The van der Waals surface area contributed by atoms with Crippen molar-refractivity contribution in [2.24, 2.45) is 5.73 Å². The monoisotopic (exact) mass is 282 g/mol. The van der Waals surface area contributed by atoms with Crippen LogP contribution in [0, 0.1) is 0 Å². The zero-order chi connectivity index (χ0) is 15.1. The van der Waals surface area contributed by atoms with E-state index in [-0.39, 0.29) is 0 Å². The Morgan fingerprint density at radius 3 is 2.33 bits per heavy atom. The molecule has 0 saturated heterocycles. The van der Waals surface area contributed by atoms with Gasteiger partial charge < -0.3 is 5.73 Å². The highest BCUT2D eigenvalue weighted by molar-refractivity contribution is 5.30. The van der Waals surface area contributed by atoms with Gasteiger partial charge in [-0.25, -0.2) is 0 Å². The molecule has 0 aliphatic heterocycles. The van der Waals surface area contributed by atoms with Gasteiger partial charge >= 0.3 is 0 Å². The molecule has 1 atom stereocenters. The third-order valence-electron chi connectivity index (χ3n) is 4.15. The second-order valence-corrected chi connectivity index (χ2v) is 5.52. The van der Waals surface area contributed by atoms with Crippen LogP contribution in [-0.4, -0.2) is 25.0 Å². The summed E-state index contributed by atoms with van der Waals surface area (Å²) in [6.07, 6.45) is 2.11. The van der Waals surface area contributed by atoms with Crippen LogP contribution in [0.1, 0.15) is 29.7 Å². The molecule has 0 aliphatic rings. The lowest BCUT2D eigenvalue weighted by Crippen LogP contribution is -2.32. The largest absolute Gasteiger partial charge is 0.329 e. The van der Waals surface area contributed by atoms with E-state index in [0.717, 1.165) is 19.4 Å². The minimum absolute atomic E-state index is 0.296. The first-order chi connectivity index (χ1) is 10.3. The minimum Gasteiger partial charge on any atom is -0.329 e. The van der Waals surface area contributed by atoms with Crippen LogP contribution >= 0.6 is 0 Å². The molecule has 0 bridgehead atoms. The Morgan fingerprint density at radius 1 is 1.00 bits per heavy atom. The fourth-order valence-corrected chi connectivity index (χ4v) is 2.83. The maximum atomic E-state index is 6.06. The van der Waals surface area contributed by atoms with Gasteiger partial charge in [0.25, 0.3) is 0 Å². The summed E-state index contributed by atoms with van der Waals surface area (Å²) in [4.78, 5) is 2.38. The van der Waals surface area contributed by atoms with E-state index in [2.05, 4.69) is 73.5 Å². The molecule has 0 aromatic heterocycles. The molecule has 2 aromatic carbocycles. The first-order valence-corrected chi connectivity index (χ1v) is 7.78. The number of nitrogens with zero attached hydrogens (tertiary/aromatic N) is 1. The fourth-order valence-electron chi connectivity index (χ4n) is 2.83. The van der Waals surface area contributed by atoms with Gasteiger partial charge in [-0.05, 0) is 36.6 Å². The van der Waals surface area contributed by atoms with Crippen LogP contribution in [0.2, 0.25) is 0 Å². The van der Waals surface area contributed by atoms with Crippen LogP contribution < -0.4 is 5.73 Å². The summed E-state index contributed by atoms with van der Waals surface area (Å²) in [5.74, 6) is 0. The van der Waals surface area contributed by atoms with Crippen molar-refractivity contribution in [3.05, 3.63) is 71.3 Å². The topological polar surface area (TPSA) is 29.3 Å². The minimum atomic E-state index is 0.296. The van der Waals surface area contributed by atoms with Gasteiger partial charge in [-0.3, -0.25) is 4.90 Å². The molecule has 2 N–H and O–H groups in total. The summed E-state index contributed by atoms with van der Waals surface area (Å²) in [6.45, 7) is 3.88. The summed E-state index contributed by atoms with van der Waals surface area (Å²) in [7, 11) is 2.17. The van der Waals surface area contributed by atoms with Crippen LogP contribution in [0.5, 0.6) is 0 Å². The molecule has 1 unspecified atom stereocenters. The first-order valence-electron chi connectivity index (χ1n) is 7.78. The van der Waals surface area contributed by atoms with E-state index in [4.69, 9.17) is 5.73 Å². The van der Waals surface area contributed by atoms with E-state index in [9.17, 15) is 0 Å². The third-order valence-corrected chi connectivity index (χ3v) is 4.15. The molecule has 2 nitrogen and oxygen atoms in total. The average molecular weight is 282 g/mol. The zero-order valence-electron chi connectivity index (χ0n) is 13.1. The molecule has 2 rings (SSSR count). The maximum Gasteiger partial charge on any atom is 0.0470 e. The van der Waals surface area contributed by atoms with Crippen molar-refractivity contribution < 1.29 is 0 Å². The van der Waals surface area contributed by atoms with Crippen LogP contribution in [0.25, 0.3) is 0 Å². The quantitative estimate of drug-likeness (QED) is 0.843. The zero-order valence-corrected chi connectivity index (χ0v) is 13.1. The molecule has 0 heterocycles. The number of benzene rings is 2. The second-order valence-electron chi connectivity index (χ2n) is 5.52. The van der Waals surface area contributed by atoms with Crippen molar-refractivity contribution in [2.75, 3.05) is 20.1 Å². The van der Waals surface area contributed by atoms with Crippen molar-refractivity contribution in [1.82, 2.24) is 4.90 Å². The maximum absolute atomic E-state index is 6.06. The Morgan fingerprint density at radius 2 is 1.67 bits per heavy atom. The molecule has 112 valence electrons. The molecule has 0 saturated carbocycles. The van der Waals surface area contributed by atoms with Gasteiger partial charge in [0.15, 0.2) is 0 Å². The van der Waals surface area contributed by atoms with Crippen LogP contribution in [0.4, 0.5) is 0 Å². The van der Waals surface area contributed by atoms with Crippen LogP contribution in [0.15, 0.2) is 54.6 Å². The average Bonchev–Trinajstić information content (AvgIpc) is 2.55. The van der Waals surface area contributed by atoms with Crippen molar-refractivity contribution in [1.29, 1.82) is 0 Å². The molecule has 21 heavy (non-hydrogen) atoms. The fraction of sp³-hybridized carbons (Fsp3) is 0.368. The highest BCUT2D eigenvalue weighted by atomic mass is 15.1. The Bertz CT molecular complexity index is 536. The van der Waals surface area contributed by atoms with Gasteiger partial charge in [0.1, 0.15) is 0 Å². The van der Waals surface area contributed by atoms with E-state index >= 15 is 0 Å². The lowest BCUT2D eigenvalue weighted by Gasteiger charge is -2.29. The lowest BCUT2D eigenvalue weighted by molar-refractivity contribution is 0.252. The summed E-state index contributed by atoms with van der Waals surface area (Å²) >= 11 is 0. The lowest BCUT2D eigenvalue weighted by atomic mass is 9.97. The molecule has 2 heteroatoms. The summed E-state index contributed by atoms with van der Waals surface area (Å²) in [5.41, 5.74) is 10.2. The Kier molecular flexibility index (Phi) is 5.97. The van der Waals surface area contributed by atoms with Gasteiger partial charge in [-0.2, -0.15) is 0 Å². The number of likely N-dealkylation sites (N-methyl/N-ethyl adjacent to an activating group) is 1. The normalized spacial score (nSPS) is 12.6. The Hall–Kier alpha value is -1.64. The number of hydrogen-bond acceptors (Lipinski definition) is 2. The number of aryl methyl sites for hydroxylation is 1. The first kappa shape index (κ1) is 15.7. The molecular weight excluding hydrogens is 256 g/mol. The van der Waals surface area contributed by atoms with E-state index in [0.29, 0.717) is 12.6 Å². The predicted molar refractivity (Wildman–Crippen MR) is 90.4 cm³/mol. The van der Waals surface area contributed by atoms with Crippen molar-refractivity contribution in [2.45, 2.75) is 25.8 Å². The summed E-state index contributed by atoms with van der Waals surface area (Å²) in [6, 6.07) is 19.6. The van der Waals surface area contributed by atoms with Crippen molar-refractivity contribution in [3.8, 4) is 0 Å². The van der Waals surface area contributed by atoms with E-state index in [1.165, 1.54) is 16.7 Å². The molecule has 0 amide bonds. The molecule has 0 fully saturated rings. The SMILES string of the molecule is CCc1ccccc1C(CN)N(C)CCc1ccccc1. The van der Waals surface area contributed by atoms with Gasteiger partial charge in [0, 0.05) is 19.1 Å². The standard InChI is InChI=1S/C19H26N2/c1-3-17-11-7-8-12-18(17)19(15-20)21(2)14-13-16-9-5-4-6-10-16/h4-12,19H,3,13-15,20H2,1-2H3. The Balaban J connectivity index is 2.06. The third kappa shape index (κ3) is 4.16. The molecule has 0 spiro atoms. The smallest absolute Gasteiger partial charge is 0.0470 e. The molecule has 2 aromatic rings. The van der Waals surface area contributed by atoms with E-state index in [1.54, 1.807) is 0 Å². The van der Waals surface area contributed by atoms with Crippen molar-refractivity contribution >= 4 is 0 Å². The highest BCUT2D eigenvalue weighted by Gasteiger charge is 2.17. The molecule has 0 radical (unpaired) electrons. The van der Waals surface area contributed by atoms with Crippen LogP contribution in [-0.2, 0) is 12.8 Å². The van der Waals surface area contributed by atoms with Gasteiger partial charge in [0.05, 0.1) is 0 Å². The van der Waals surface area contributed by atoms with Gasteiger partial charge in [0.2, 0.25) is 0 Å². The molecular formula is C19H26N2. The second kappa shape index (κ2) is 7.96. The number of rotatable bonds is 7. The van der Waals surface area contributed by atoms with Crippen molar-refractivity contribution in [3.63, 3.8) is 0 Å². The molecule has 0 aliphatic carbocycles. The van der Waals surface area contributed by atoms with Crippen LogP contribution in [0.3, 0.4) is 0 Å². The number of hydrogen-bond donors (Lipinski definition) is 1. The van der Waals surface area contributed by atoms with Gasteiger partial charge in [-0.15, -0.1) is 0 Å². The Labute approximate surface area is 128 Å². The van der Waals surface area contributed by atoms with Gasteiger partial charge in [-0.1, -0.05) is 61.5 Å². The van der Waals surface area contributed by atoms with E-state index in [1.807, 2.05) is 0 Å². The summed E-state index contributed by atoms with van der Waals surface area (Å²) < 4.78 is 0. The number of nitrogens with two attached hydrogens (primary N) is 1. The summed E-state index contributed by atoms with van der Waals surface area (Å²) in [5, 5.41) is 0.